The molecule has 1 heterocycles. The lowest BCUT2D eigenvalue weighted by molar-refractivity contribution is 0.252. The van der Waals surface area contributed by atoms with E-state index in [1.165, 1.54) is 11.3 Å². The number of amides is 2. The van der Waals surface area contributed by atoms with Crippen molar-refractivity contribution in [3.05, 3.63) is 54.1 Å². The van der Waals surface area contributed by atoms with Crippen LogP contribution in [0.1, 0.15) is 12.5 Å². The van der Waals surface area contributed by atoms with E-state index in [0.29, 0.717) is 5.13 Å². The first-order valence-corrected chi connectivity index (χ1v) is 8.08. The first-order chi connectivity index (χ1) is 11.7. The molecule has 2 N–H and O–H groups in total. The van der Waals surface area contributed by atoms with Gasteiger partial charge in [0.15, 0.2) is 5.13 Å². The second-order valence-electron chi connectivity index (χ2n) is 4.98. The zero-order valence-electron chi connectivity index (χ0n) is 13.2. The van der Waals surface area contributed by atoms with E-state index < -0.39 is 6.03 Å². The normalized spacial score (nSPS) is 11.3. The Bertz CT molecular complexity index is 890. The molecule has 0 unspecified atom stereocenters. The van der Waals surface area contributed by atoms with E-state index >= 15 is 0 Å². The molecule has 0 saturated heterocycles. The predicted molar refractivity (Wildman–Crippen MR) is 97.0 cm³/mol. The van der Waals surface area contributed by atoms with Crippen LogP contribution in [0.4, 0.5) is 9.93 Å². The van der Waals surface area contributed by atoms with Crippen molar-refractivity contribution in [2.75, 3.05) is 12.4 Å². The van der Waals surface area contributed by atoms with Gasteiger partial charge in [0.25, 0.3) is 0 Å². The molecule has 6 nitrogen and oxygen atoms in total. The second-order valence-corrected chi connectivity index (χ2v) is 6.01. The number of thiazole rings is 1. The summed E-state index contributed by atoms with van der Waals surface area (Å²) in [6.45, 7) is 1.83. The standard InChI is InChI=1S/C17H16N4O2S/c1-11(12-6-4-3-5-7-12)20-21-16(22)19-17-18-14-9-8-13(23-2)10-15(14)24-17/h3-10H,1-2H3,(H2,18,19,21,22)/b20-11+. The Morgan fingerprint density at radius 2 is 2.00 bits per heavy atom. The third kappa shape index (κ3) is 3.69. The molecule has 122 valence electrons. The number of anilines is 1. The number of fused-ring (bicyclic) bond motifs is 1. The highest BCUT2D eigenvalue weighted by molar-refractivity contribution is 7.22. The Kier molecular flexibility index (Phi) is 4.72. The number of methoxy groups -OCH3 is 1. The lowest BCUT2D eigenvalue weighted by Crippen LogP contribution is -2.25. The number of ether oxygens (including phenoxy) is 1. The SMILES string of the molecule is COc1ccc2nc(NC(=O)N/N=C(\C)c3ccccc3)sc2c1. The summed E-state index contributed by atoms with van der Waals surface area (Å²) in [6.07, 6.45) is 0. The third-order valence-corrected chi connectivity index (χ3v) is 4.27. The van der Waals surface area contributed by atoms with Crippen molar-refractivity contribution in [3.63, 3.8) is 0 Å². The Morgan fingerprint density at radius 3 is 2.75 bits per heavy atom. The molecule has 0 aliphatic heterocycles. The number of rotatable bonds is 4. The van der Waals surface area contributed by atoms with Crippen LogP contribution in [-0.4, -0.2) is 23.8 Å². The van der Waals surface area contributed by atoms with Gasteiger partial charge in [-0.2, -0.15) is 5.10 Å². The predicted octanol–water partition coefficient (Wildman–Crippen LogP) is 3.85. The molecule has 1 aromatic heterocycles. The van der Waals surface area contributed by atoms with Gasteiger partial charge in [0.1, 0.15) is 5.75 Å². The van der Waals surface area contributed by atoms with Crippen LogP contribution in [0.5, 0.6) is 5.75 Å². The fraction of sp³-hybridized carbons (Fsp3) is 0.118. The Hall–Kier alpha value is -2.93. The largest absolute Gasteiger partial charge is 0.497 e. The average molecular weight is 340 g/mol. The molecule has 24 heavy (non-hydrogen) atoms. The van der Waals surface area contributed by atoms with E-state index in [1.807, 2.05) is 55.5 Å². The molecule has 2 amide bonds. The molecule has 0 radical (unpaired) electrons. The number of nitrogens with zero attached hydrogens (tertiary/aromatic N) is 2. The number of carbonyl (C=O) groups excluding carboxylic acids is 1. The minimum absolute atomic E-state index is 0.434. The molecular weight excluding hydrogens is 324 g/mol. The van der Waals surface area contributed by atoms with Gasteiger partial charge in [-0.25, -0.2) is 15.2 Å². The van der Waals surface area contributed by atoms with Crippen LogP contribution in [0.15, 0.2) is 53.6 Å². The van der Waals surface area contributed by atoms with Crippen molar-refractivity contribution < 1.29 is 9.53 Å². The molecule has 7 heteroatoms. The number of urea groups is 1. The summed E-state index contributed by atoms with van der Waals surface area (Å²) >= 11 is 1.37. The van der Waals surface area contributed by atoms with Gasteiger partial charge in [-0.1, -0.05) is 41.7 Å². The minimum atomic E-state index is -0.434. The summed E-state index contributed by atoms with van der Waals surface area (Å²) in [5, 5.41) is 7.27. The maximum Gasteiger partial charge on any atom is 0.341 e. The molecule has 0 aliphatic carbocycles. The van der Waals surface area contributed by atoms with Crippen molar-refractivity contribution in [1.29, 1.82) is 0 Å². The van der Waals surface area contributed by atoms with Crippen LogP contribution in [-0.2, 0) is 0 Å². The van der Waals surface area contributed by atoms with E-state index in [-0.39, 0.29) is 0 Å². The van der Waals surface area contributed by atoms with E-state index in [0.717, 1.165) is 27.2 Å². The van der Waals surface area contributed by atoms with Crippen LogP contribution in [0, 0.1) is 0 Å². The molecule has 0 atom stereocenters. The fourth-order valence-electron chi connectivity index (χ4n) is 2.09. The molecule has 0 fully saturated rings. The Balaban J connectivity index is 1.66. The van der Waals surface area contributed by atoms with Gasteiger partial charge < -0.3 is 4.74 Å². The number of hydrazone groups is 1. The summed E-state index contributed by atoms with van der Waals surface area (Å²) in [5.41, 5.74) is 4.95. The van der Waals surface area contributed by atoms with Crippen LogP contribution in [0.2, 0.25) is 0 Å². The average Bonchev–Trinajstić information content (AvgIpc) is 3.01. The monoisotopic (exact) mass is 340 g/mol. The molecule has 0 saturated carbocycles. The second kappa shape index (κ2) is 7.10. The van der Waals surface area contributed by atoms with E-state index in [4.69, 9.17) is 4.74 Å². The number of hydrogen-bond acceptors (Lipinski definition) is 5. The van der Waals surface area contributed by atoms with Crippen molar-refractivity contribution >= 4 is 38.4 Å². The number of carbonyl (C=O) groups is 1. The van der Waals surface area contributed by atoms with Gasteiger partial charge in [-0.05, 0) is 30.7 Å². The smallest absolute Gasteiger partial charge is 0.341 e. The van der Waals surface area contributed by atoms with Crippen molar-refractivity contribution in [3.8, 4) is 5.75 Å². The molecule has 0 bridgehead atoms. The molecule has 0 spiro atoms. The summed E-state index contributed by atoms with van der Waals surface area (Å²) in [6, 6.07) is 14.8. The molecule has 0 aliphatic rings. The zero-order chi connectivity index (χ0) is 16.9. The van der Waals surface area contributed by atoms with Gasteiger partial charge >= 0.3 is 6.03 Å². The summed E-state index contributed by atoms with van der Waals surface area (Å²) in [4.78, 5) is 16.3. The fourth-order valence-corrected chi connectivity index (χ4v) is 2.98. The topological polar surface area (TPSA) is 75.6 Å². The maximum atomic E-state index is 12.0. The van der Waals surface area contributed by atoms with Gasteiger partial charge in [-0.15, -0.1) is 0 Å². The first-order valence-electron chi connectivity index (χ1n) is 7.27. The van der Waals surface area contributed by atoms with Gasteiger partial charge in [0, 0.05) is 0 Å². The molecule has 2 aromatic carbocycles. The summed E-state index contributed by atoms with van der Waals surface area (Å²) in [5.74, 6) is 0.755. The summed E-state index contributed by atoms with van der Waals surface area (Å²) < 4.78 is 6.12. The number of benzene rings is 2. The van der Waals surface area contributed by atoms with Crippen molar-refractivity contribution in [2.45, 2.75) is 6.92 Å². The van der Waals surface area contributed by atoms with Gasteiger partial charge in [0.2, 0.25) is 0 Å². The number of aromatic nitrogens is 1. The first kappa shape index (κ1) is 15.9. The van der Waals surface area contributed by atoms with E-state index in [1.54, 1.807) is 7.11 Å². The van der Waals surface area contributed by atoms with Crippen LogP contribution in [0.3, 0.4) is 0 Å². The highest BCUT2D eigenvalue weighted by Gasteiger charge is 2.08. The van der Waals surface area contributed by atoms with Gasteiger partial charge in [-0.3, -0.25) is 5.32 Å². The summed E-state index contributed by atoms with van der Waals surface area (Å²) in [7, 11) is 1.61. The lowest BCUT2D eigenvalue weighted by atomic mass is 10.1. The number of nitrogens with one attached hydrogen (secondary N) is 2. The van der Waals surface area contributed by atoms with Crippen LogP contribution in [0.25, 0.3) is 10.2 Å². The van der Waals surface area contributed by atoms with Crippen LogP contribution >= 0.6 is 11.3 Å². The Morgan fingerprint density at radius 1 is 1.21 bits per heavy atom. The third-order valence-electron chi connectivity index (χ3n) is 3.33. The van der Waals surface area contributed by atoms with Crippen molar-refractivity contribution in [2.24, 2.45) is 5.10 Å². The van der Waals surface area contributed by atoms with E-state index in [9.17, 15) is 4.79 Å². The van der Waals surface area contributed by atoms with E-state index in [2.05, 4.69) is 20.8 Å². The molecule has 3 aromatic rings. The minimum Gasteiger partial charge on any atom is -0.497 e. The molecule has 3 rings (SSSR count). The molecular formula is C17H16N4O2S. The highest BCUT2D eigenvalue weighted by atomic mass is 32.1. The zero-order valence-corrected chi connectivity index (χ0v) is 14.1. The Labute approximate surface area is 143 Å². The van der Waals surface area contributed by atoms with Crippen LogP contribution < -0.4 is 15.5 Å². The lowest BCUT2D eigenvalue weighted by Gasteiger charge is -2.02. The number of hydrogen-bond donors (Lipinski definition) is 2. The maximum absolute atomic E-state index is 12.0. The van der Waals surface area contributed by atoms with Crippen molar-refractivity contribution in [1.82, 2.24) is 10.4 Å². The quantitative estimate of drug-likeness (QED) is 0.559. The van der Waals surface area contributed by atoms with Gasteiger partial charge in [0.05, 0.1) is 23.0 Å². The highest BCUT2D eigenvalue weighted by Crippen LogP contribution is 2.28.